The summed E-state index contributed by atoms with van der Waals surface area (Å²) in [6, 6.07) is 3.90. The first-order valence-electron chi connectivity index (χ1n) is 4.76. The van der Waals surface area contributed by atoms with Gasteiger partial charge in [0.05, 0.1) is 0 Å². The molecule has 0 radical (unpaired) electrons. The van der Waals surface area contributed by atoms with Gasteiger partial charge in [-0.2, -0.15) is 0 Å². The quantitative estimate of drug-likeness (QED) is 0.863. The molecule has 108 valence electrons. The van der Waals surface area contributed by atoms with Crippen molar-refractivity contribution in [2.45, 2.75) is 11.9 Å². The average molecular weight is 304 g/mol. The van der Waals surface area contributed by atoms with Crippen LogP contribution in [-0.4, -0.2) is 16.2 Å². The Morgan fingerprint density at radius 2 is 1.53 bits per heavy atom. The number of carboxylic acids is 1. The number of benzene rings is 1. The molecule has 0 spiro atoms. The number of carbonyl (C=O) groups excluding carboxylic acids is 1. The van der Waals surface area contributed by atoms with Gasteiger partial charge in [-0.25, -0.2) is 9.18 Å². The zero-order chi connectivity index (χ0) is 15.2. The molecule has 19 heavy (non-hydrogen) atoms. The molecule has 0 aliphatic rings. The van der Waals surface area contributed by atoms with Crippen molar-refractivity contribution in [1.29, 1.82) is 0 Å². The van der Waals surface area contributed by atoms with E-state index in [0.717, 1.165) is 12.1 Å². The predicted molar refractivity (Wildman–Crippen MR) is 59.6 cm³/mol. The van der Waals surface area contributed by atoms with Gasteiger partial charge in [0.1, 0.15) is 0 Å². The lowest BCUT2D eigenvalue weighted by Gasteiger charge is -2.53. The first-order chi connectivity index (χ1) is 8.28. The van der Waals surface area contributed by atoms with Crippen molar-refractivity contribution in [2.24, 2.45) is 0 Å². The molecule has 3 nitrogen and oxygen atoms in total. The monoisotopic (exact) mass is 304 g/mol. The fraction of sp³-hybridized carbons (Fsp3) is 0.200. The van der Waals surface area contributed by atoms with Gasteiger partial charge >= 0.3 is 11.0 Å². The second-order valence-corrected chi connectivity index (χ2v) is 7.10. The van der Waals surface area contributed by atoms with E-state index in [2.05, 4.69) is 0 Å². The van der Waals surface area contributed by atoms with Crippen molar-refractivity contribution >= 4 is 20.9 Å². The summed E-state index contributed by atoms with van der Waals surface area (Å²) in [6.45, 7) is -0.234. The summed E-state index contributed by atoms with van der Waals surface area (Å²) in [5.74, 6) is -3.12. The maximum absolute atomic E-state index is 14.2. The van der Waals surface area contributed by atoms with Crippen LogP contribution in [0.3, 0.4) is 0 Å². The molecule has 9 heteroatoms. The van der Waals surface area contributed by atoms with Crippen LogP contribution in [0.2, 0.25) is 0 Å². The van der Waals surface area contributed by atoms with Crippen molar-refractivity contribution in [1.82, 2.24) is 0 Å². The van der Waals surface area contributed by atoms with E-state index >= 15 is 0 Å². The van der Waals surface area contributed by atoms with Gasteiger partial charge < -0.3 is 5.11 Å². The maximum atomic E-state index is 14.2. The minimum Gasteiger partial charge on any atom is -0.478 e. The third-order valence-electron chi connectivity index (χ3n) is 2.56. The highest BCUT2D eigenvalue weighted by atomic mass is 32.5. The molecule has 1 N–H and O–H groups in total. The Kier molecular flexibility index (Phi) is 2.81. The first-order valence-corrected chi connectivity index (χ1v) is 6.81. The van der Waals surface area contributed by atoms with E-state index in [0.29, 0.717) is 12.1 Å². The van der Waals surface area contributed by atoms with Crippen LogP contribution in [-0.2, 0) is 14.6 Å². The molecule has 0 saturated heterocycles. The molecule has 1 aromatic carbocycles. The third kappa shape index (κ3) is 1.79. The van der Waals surface area contributed by atoms with Crippen molar-refractivity contribution in [3.8, 4) is 0 Å². The second kappa shape index (κ2) is 3.47. The summed E-state index contributed by atoms with van der Waals surface area (Å²) in [7, 11) is -10.2. The molecule has 0 aliphatic carbocycles. The molecular weight excluding hydrogens is 295 g/mol. The lowest BCUT2D eigenvalue weighted by molar-refractivity contribution is -0.147. The zero-order valence-electron chi connectivity index (χ0n) is 9.45. The van der Waals surface area contributed by atoms with Crippen LogP contribution in [0, 0.1) is 0 Å². The molecule has 1 atom stereocenters. The van der Waals surface area contributed by atoms with Gasteiger partial charge in [0.15, 0.2) is 0 Å². The van der Waals surface area contributed by atoms with E-state index in [1.165, 1.54) is 6.07 Å². The number of rotatable bonds is 3. The van der Waals surface area contributed by atoms with Crippen LogP contribution in [0.4, 0.5) is 19.9 Å². The van der Waals surface area contributed by atoms with Crippen LogP contribution >= 0.6 is 9.84 Å². The van der Waals surface area contributed by atoms with Crippen LogP contribution in [0.15, 0.2) is 30.3 Å². The number of carboxylic acid groups (broad SMARTS) is 1. The van der Waals surface area contributed by atoms with Crippen molar-refractivity contribution in [3.05, 3.63) is 35.9 Å². The van der Waals surface area contributed by atoms with E-state index in [9.17, 15) is 29.5 Å². The minimum absolute atomic E-state index is 0.234. The molecule has 0 heterocycles. The van der Waals surface area contributed by atoms with Gasteiger partial charge in [-0.1, -0.05) is 30.3 Å². The van der Waals surface area contributed by atoms with Crippen LogP contribution in [0.5, 0.6) is 0 Å². The largest absolute Gasteiger partial charge is 0.478 e. The Hall–Kier alpha value is -1.64. The fourth-order valence-corrected chi connectivity index (χ4v) is 2.74. The summed E-state index contributed by atoms with van der Waals surface area (Å²) in [6.07, 6.45) is 0. The fourth-order valence-electron chi connectivity index (χ4n) is 1.39. The third-order valence-corrected chi connectivity index (χ3v) is 5.26. The molecule has 1 rings (SSSR count). The van der Waals surface area contributed by atoms with Gasteiger partial charge in [0.2, 0.25) is 0 Å². The molecule has 0 fully saturated rings. The van der Waals surface area contributed by atoms with E-state index < -0.39 is 31.5 Å². The van der Waals surface area contributed by atoms with Gasteiger partial charge in [0.25, 0.3) is 15.0 Å². The van der Waals surface area contributed by atoms with Crippen LogP contribution in [0.25, 0.3) is 0 Å². The molecule has 0 saturated carbocycles. The summed E-state index contributed by atoms with van der Waals surface area (Å²) in [5, 5.41) is 0.0583. The maximum Gasteiger partial charge on any atom is 0.364 e. The number of carbonyl (C=O) groups is 2. The Bertz CT molecular complexity index is 552. The highest BCUT2D eigenvalue weighted by molar-refractivity contribution is 8.61. The van der Waals surface area contributed by atoms with Gasteiger partial charge in [0, 0.05) is 12.5 Å². The standard InChI is InChI=1S/C10H9F5O3S/c1-7(16)19(12,13,14,15)10(11,9(17)18)8-5-3-2-4-6-8/h2-6H,1H3,(H,17,18). The van der Waals surface area contributed by atoms with E-state index in [1.807, 2.05) is 0 Å². The number of halogens is 5. The van der Waals surface area contributed by atoms with Crippen LogP contribution < -0.4 is 0 Å². The Morgan fingerprint density at radius 3 is 1.84 bits per heavy atom. The normalized spacial score (nSPS) is 18.8. The van der Waals surface area contributed by atoms with Gasteiger partial charge in [-0.15, -0.1) is 15.5 Å². The molecule has 0 aliphatic heterocycles. The first kappa shape index (κ1) is 15.4. The molecule has 0 amide bonds. The zero-order valence-corrected chi connectivity index (χ0v) is 10.3. The predicted octanol–water partition coefficient (Wildman–Crippen LogP) is 3.85. The number of hydrogen-bond acceptors (Lipinski definition) is 2. The van der Waals surface area contributed by atoms with Crippen molar-refractivity contribution < 1.29 is 34.6 Å². The molecule has 0 bridgehead atoms. The van der Waals surface area contributed by atoms with E-state index in [-0.39, 0.29) is 6.92 Å². The summed E-state index contributed by atoms with van der Waals surface area (Å²) in [4.78, 5) is 21.4. The van der Waals surface area contributed by atoms with E-state index in [4.69, 9.17) is 5.11 Å². The van der Waals surface area contributed by atoms with Gasteiger partial charge in [-0.05, 0) is 0 Å². The SMILES string of the molecule is CC(=O)S(F)(F)(F)(F)C(F)(C(=O)O)c1ccccc1. The van der Waals surface area contributed by atoms with E-state index in [1.54, 1.807) is 0 Å². The summed E-state index contributed by atoms with van der Waals surface area (Å²) in [5.41, 5.74) is -1.49. The number of hydrogen-bond donors (Lipinski definition) is 1. The van der Waals surface area contributed by atoms with Gasteiger partial charge in [-0.3, -0.25) is 4.79 Å². The number of alkyl halides is 1. The van der Waals surface area contributed by atoms with Crippen LogP contribution in [0.1, 0.15) is 12.5 Å². The molecule has 1 unspecified atom stereocenters. The topological polar surface area (TPSA) is 54.4 Å². The molecule has 0 aromatic heterocycles. The molecule has 1 aromatic rings. The highest BCUT2D eigenvalue weighted by Crippen LogP contribution is 3.04. The Morgan fingerprint density at radius 1 is 1.11 bits per heavy atom. The van der Waals surface area contributed by atoms with Crippen molar-refractivity contribution in [2.75, 3.05) is 0 Å². The smallest absolute Gasteiger partial charge is 0.364 e. The lowest BCUT2D eigenvalue weighted by Crippen LogP contribution is -2.48. The van der Waals surface area contributed by atoms with Crippen molar-refractivity contribution in [3.63, 3.8) is 0 Å². The Balaban J connectivity index is 3.84. The highest BCUT2D eigenvalue weighted by Gasteiger charge is 2.87. The summed E-state index contributed by atoms with van der Waals surface area (Å²) < 4.78 is 68.5. The molecular formula is C10H9F5O3S. The second-order valence-electron chi connectivity index (χ2n) is 3.83. The summed E-state index contributed by atoms with van der Waals surface area (Å²) >= 11 is 0. The minimum atomic E-state index is -10.2. The average Bonchev–Trinajstić information content (AvgIpc) is 2.27. The number of aliphatic carboxylic acids is 1. The Labute approximate surface area is 104 Å². The lowest BCUT2D eigenvalue weighted by atomic mass is 10.1.